The van der Waals surface area contributed by atoms with Gasteiger partial charge < -0.3 is 15.0 Å². The van der Waals surface area contributed by atoms with E-state index in [-0.39, 0.29) is 6.61 Å². The average Bonchev–Trinajstić information content (AvgIpc) is 3.17. The Morgan fingerprint density at radius 1 is 1.06 bits per heavy atom. The van der Waals surface area contributed by atoms with Crippen LogP contribution in [0, 0.1) is 17.8 Å². The van der Waals surface area contributed by atoms with Crippen LogP contribution in [0.1, 0.15) is 89.9 Å². The molecule has 1 atom stereocenters. The number of pyridine rings is 1. The maximum atomic E-state index is 9.90. The number of nitrogens with zero attached hydrogens (tertiary/aromatic N) is 5. The Kier molecular flexibility index (Phi) is 7.05. The van der Waals surface area contributed by atoms with E-state index in [1.807, 2.05) is 6.20 Å². The summed E-state index contributed by atoms with van der Waals surface area (Å²) < 4.78 is 2.32. The standard InChI is InChI=1S/C28H40N6O/c1-17(2)22-12-13-29-23(14-22)28-33-27-25(34(28)15-20-10-8-18(3)9-11-20)26(31-24(16-35)32-27)30-19(4)21-6-5-7-21/h12-14,17-21,35H,5-11,15-16H2,1-4H3,(H,30,31,32)/t18-,19-,20-/m1/s1. The van der Waals surface area contributed by atoms with Gasteiger partial charge in [-0.2, -0.15) is 0 Å². The Morgan fingerprint density at radius 3 is 2.49 bits per heavy atom. The molecule has 0 amide bonds. The molecule has 188 valence electrons. The molecule has 0 bridgehead atoms. The molecule has 7 nitrogen and oxygen atoms in total. The number of hydrogen-bond acceptors (Lipinski definition) is 6. The molecule has 0 radical (unpaired) electrons. The Bertz CT molecular complexity index is 1160. The summed E-state index contributed by atoms with van der Waals surface area (Å²) in [4.78, 5) is 19.2. The molecule has 0 aliphatic heterocycles. The summed E-state index contributed by atoms with van der Waals surface area (Å²) in [5.41, 5.74) is 3.71. The second-order valence-electron chi connectivity index (χ2n) is 11.2. The van der Waals surface area contributed by atoms with E-state index in [1.54, 1.807) is 0 Å². The number of aromatic nitrogens is 5. The SMILES string of the molecule is CC(C)c1ccnc(-c2nc3nc(CO)nc(N[C@H](C)C4CCC4)c3n2C[C@H]2CC[C@H](C)CC2)c1. The molecule has 2 saturated carbocycles. The molecular weight excluding hydrogens is 436 g/mol. The van der Waals surface area contributed by atoms with E-state index in [4.69, 9.17) is 15.0 Å². The van der Waals surface area contributed by atoms with Crippen LogP contribution < -0.4 is 5.32 Å². The van der Waals surface area contributed by atoms with Crippen molar-refractivity contribution in [2.24, 2.45) is 17.8 Å². The van der Waals surface area contributed by atoms with Gasteiger partial charge in [0.1, 0.15) is 17.8 Å². The molecule has 0 saturated heterocycles. The van der Waals surface area contributed by atoms with Gasteiger partial charge in [0.15, 0.2) is 23.1 Å². The van der Waals surface area contributed by atoms with Crippen LogP contribution in [-0.4, -0.2) is 35.7 Å². The number of aliphatic hydroxyl groups excluding tert-OH is 1. The minimum atomic E-state index is -0.202. The number of imidazole rings is 1. The van der Waals surface area contributed by atoms with Gasteiger partial charge in [-0.05, 0) is 74.0 Å². The van der Waals surface area contributed by atoms with Crippen molar-refractivity contribution in [1.29, 1.82) is 0 Å². The monoisotopic (exact) mass is 476 g/mol. The number of anilines is 1. The van der Waals surface area contributed by atoms with Crippen LogP contribution in [-0.2, 0) is 13.2 Å². The van der Waals surface area contributed by atoms with Gasteiger partial charge in [-0.15, -0.1) is 0 Å². The molecule has 7 heteroatoms. The van der Waals surface area contributed by atoms with E-state index in [1.165, 1.54) is 50.5 Å². The van der Waals surface area contributed by atoms with E-state index in [0.29, 0.717) is 35.3 Å². The minimum absolute atomic E-state index is 0.202. The van der Waals surface area contributed by atoms with E-state index in [0.717, 1.165) is 35.3 Å². The fourth-order valence-corrected chi connectivity index (χ4v) is 5.60. The lowest BCUT2D eigenvalue weighted by atomic mass is 9.80. The number of aliphatic hydroxyl groups is 1. The summed E-state index contributed by atoms with van der Waals surface area (Å²) >= 11 is 0. The fraction of sp³-hybridized carbons (Fsp3) is 0.643. The third kappa shape index (κ3) is 5.06. The average molecular weight is 477 g/mol. The highest BCUT2D eigenvalue weighted by atomic mass is 16.3. The number of nitrogens with one attached hydrogen (secondary N) is 1. The Balaban J connectivity index is 1.63. The van der Waals surface area contributed by atoms with Crippen LogP contribution in [0.5, 0.6) is 0 Å². The van der Waals surface area contributed by atoms with Gasteiger partial charge in [0.2, 0.25) is 0 Å². The first-order valence-corrected chi connectivity index (χ1v) is 13.5. The Labute approximate surface area is 208 Å². The molecule has 2 aliphatic rings. The lowest BCUT2D eigenvalue weighted by molar-refractivity contribution is 0.267. The van der Waals surface area contributed by atoms with Crippen molar-refractivity contribution in [3.8, 4) is 11.5 Å². The molecule has 35 heavy (non-hydrogen) atoms. The van der Waals surface area contributed by atoms with Crippen LogP contribution in [0.25, 0.3) is 22.7 Å². The van der Waals surface area contributed by atoms with Gasteiger partial charge in [-0.3, -0.25) is 4.98 Å². The lowest BCUT2D eigenvalue weighted by Crippen LogP contribution is -2.31. The molecule has 3 heterocycles. The zero-order valence-corrected chi connectivity index (χ0v) is 21.7. The number of fused-ring (bicyclic) bond motifs is 1. The van der Waals surface area contributed by atoms with Crippen LogP contribution in [0.4, 0.5) is 5.82 Å². The van der Waals surface area contributed by atoms with Crippen molar-refractivity contribution in [3.05, 3.63) is 29.7 Å². The zero-order valence-electron chi connectivity index (χ0n) is 21.7. The van der Waals surface area contributed by atoms with E-state index in [2.05, 4.69) is 54.7 Å². The van der Waals surface area contributed by atoms with Crippen LogP contribution >= 0.6 is 0 Å². The first kappa shape index (κ1) is 24.2. The third-order valence-electron chi connectivity index (χ3n) is 8.27. The molecule has 5 rings (SSSR count). The predicted molar refractivity (Wildman–Crippen MR) is 140 cm³/mol. The topological polar surface area (TPSA) is 88.8 Å². The second-order valence-corrected chi connectivity index (χ2v) is 11.2. The molecular formula is C28H40N6O. The number of hydrogen-bond donors (Lipinski definition) is 2. The summed E-state index contributed by atoms with van der Waals surface area (Å²) in [5.74, 6) is 4.54. The molecule has 0 aromatic carbocycles. The van der Waals surface area contributed by atoms with Gasteiger partial charge >= 0.3 is 0 Å². The van der Waals surface area contributed by atoms with Crippen molar-refractivity contribution in [1.82, 2.24) is 24.5 Å². The molecule has 0 spiro atoms. The molecule has 0 unspecified atom stereocenters. The summed E-state index contributed by atoms with van der Waals surface area (Å²) in [6.07, 6.45) is 10.7. The predicted octanol–water partition coefficient (Wildman–Crippen LogP) is 5.93. The van der Waals surface area contributed by atoms with E-state index < -0.39 is 0 Å². The molecule has 2 N–H and O–H groups in total. The smallest absolute Gasteiger partial charge is 0.184 e. The molecule has 3 aromatic rings. The summed E-state index contributed by atoms with van der Waals surface area (Å²) in [6.45, 7) is 9.70. The van der Waals surface area contributed by atoms with Crippen molar-refractivity contribution in [2.45, 2.75) is 97.8 Å². The Hall–Kier alpha value is -2.54. The molecule has 3 aromatic heterocycles. The highest BCUT2D eigenvalue weighted by Crippen LogP contribution is 2.36. The normalized spacial score (nSPS) is 21.9. The van der Waals surface area contributed by atoms with E-state index >= 15 is 0 Å². The molecule has 2 aliphatic carbocycles. The summed E-state index contributed by atoms with van der Waals surface area (Å²) in [7, 11) is 0. The lowest BCUT2D eigenvalue weighted by Gasteiger charge is -2.32. The van der Waals surface area contributed by atoms with Crippen LogP contribution in [0.3, 0.4) is 0 Å². The summed E-state index contributed by atoms with van der Waals surface area (Å²) in [6, 6.07) is 4.56. The van der Waals surface area contributed by atoms with Crippen molar-refractivity contribution in [2.75, 3.05) is 5.32 Å². The highest BCUT2D eigenvalue weighted by molar-refractivity contribution is 5.86. The van der Waals surface area contributed by atoms with Crippen LogP contribution in [0.2, 0.25) is 0 Å². The van der Waals surface area contributed by atoms with Crippen molar-refractivity contribution in [3.63, 3.8) is 0 Å². The van der Waals surface area contributed by atoms with Crippen molar-refractivity contribution >= 4 is 17.0 Å². The minimum Gasteiger partial charge on any atom is -0.388 e. The second kappa shape index (κ2) is 10.2. The maximum absolute atomic E-state index is 9.90. The van der Waals surface area contributed by atoms with E-state index in [9.17, 15) is 5.11 Å². The first-order chi connectivity index (χ1) is 16.9. The maximum Gasteiger partial charge on any atom is 0.184 e. The largest absolute Gasteiger partial charge is 0.388 e. The fourth-order valence-electron chi connectivity index (χ4n) is 5.60. The van der Waals surface area contributed by atoms with Gasteiger partial charge in [0.25, 0.3) is 0 Å². The van der Waals surface area contributed by atoms with Gasteiger partial charge in [0, 0.05) is 18.8 Å². The van der Waals surface area contributed by atoms with Crippen molar-refractivity contribution < 1.29 is 5.11 Å². The van der Waals surface area contributed by atoms with Gasteiger partial charge in [0.05, 0.1) is 0 Å². The third-order valence-corrected chi connectivity index (χ3v) is 8.27. The summed E-state index contributed by atoms with van der Waals surface area (Å²) in [5, 5.41) is 13.6. The van der Waals surface area contributed by atoms with Crippen LogP contribution in [0.15, 0.2) is 18.3 Å². The molecule has 2 fully saturated rings. The van der Waals surface area contributed by atoms with Gasteiger partial charge in [-0.25, -0.2) is 15.0 Å². The quantitative estimate of drug-likeness (QED) is 0.419. The van der Waals surface area contributed by atoms with Gasteiger partial charge in [-0.1, -0.05) is 40.0 Å². The Morgan fingerprint density at radius 2 is 1.83 bits per heavy atom. The first-order valence-electron chi connectivity index (χ1n) is 13.5. The highest BCUT2D eigenvalue weighted by Gasteiger charge is 2.28. The zero-order chi connectivity index (χ0) is 24.5. The number of rotatable bonds is 8.